The molecule has 0 aliphatic heterocycles. The van der Waals surface area contributed by atoms with Crippen molar-refractivity contribution >= 4 is 21.6 Å². The zero-order valence-electron chi connectivity index (χ0n) is 13.1. The summed E-state index contributed by atoms with van der Waals surface area (Å²) in [7, 11) is -3.53. The summed E-state index contributed by atoms with van der Waals surface area (Å²) in [6, 6.07) is 17.8. The number of amides is 1. The first kappa shape index (κ1) is 17.2. The minimum atomic E-state index is -3.53. The number of sulfonamides is 1. The fourth-order valence-corrected chi connectivity index (χ4v) is 3.35. The Balaban J connectivity index is 2.15. The molecule has 0 fully saturated rings. The fourth-order valence-electron chi connectivity index (χ4n) is 2.30. The summed E-state index contributed by atoms with van der Waals surface area (Å²) in [6.07, 6.45) is 1.11. The van der Waals surface area contributed by atoms with E-state index in [1.807, 2.05) is 36.4 Å². The first-order chi connectivity index (χ1) is 10.9. The van der Waals surface area contributed by atoms with E-state index < -0.39 is 16.1 Å². The largest absolute Gasteiger partial charge is 0.325 e. The number of hydrogen-bond acceptors (Lipinski definition) is 3. The maximum atomic E-state index is 12.2. The molecule has 1 atom stereocenters. The Morgan fingerprint density at radius 2 is 1.57 bits per heavy atom. The zero-order valence-corrected chi connectivity index (χ0v) is 14.0. The van der Waals surface area contributed by atoms with Crippen LogP contribution >= 0.6 is 0 Å². The van der Waals surface area contributed by atoms with Crippen molar-refractivity contribution in [2.75, 3.05) is 18.1 Å². The molecule has 1 N–H and O–H groups in total. The molecule has 0 radical (unpaired) electrons. The minimum Gasteiger partial charge on any atom is -0.325 e. The predicted octanol–water partition coefficient (Wildman–Crippen LogP) is 2.65. The van der Waals surface area contributed by atoms with Crippen molar-refractivity contribution in [3.8, 4) is 0 Å². The summed E-state index contributed by atoms with van der Waals surface area (Å²) in [5.74, 6) is -0.371. The monoisotopic (exact) mass is 332 g/mol. The van der Waals surface area contributed by atoms with Crippen LogP contribution in [0.2, 0.25) is 0 Å². The Bertz CT molecular complexity index is 746. The van der Waals surface area contributed by atoms with Crippen molar-refractivity contribution in [3.63, 3.8) is 0 Å². The molecular weight excluding hydrogens is 312 g/mol. The molecule has 1 amide bonds. The number of anilines is 1. The third kappa shape index (κ3) is 4.91. The van der Waals surface area contributed by atoms with E-state index >= 15 is 0 Å². The Hall–Kier alpha value is -2.18. The molecule has 0 heterocycles. The highest BCUT2D eigenvalue weighted by atomic mass is 32.2. The van der Waals surface area contributed by atoms with Crippen LogP contribution in [0.3, 0.4) is 0 Å². The molecule has 0 aromatic heterocycles. The van der Waals surface area contributed by atoms with E-state index in [4.69, 9.17) is 0 Å². The second-order valence-corrected chi connectivity index (χ2v) is 7.24. The van der Waals surface area contributed by atoms with Crippen LogP contribution in [0.1, 0.15) is 18.5 Å². The second-order valence-electron chi connectivity index (χ2n) is 5.31. The third-order valence-corrected chi connectivity index (χ3v) is 4.79. The van der Waals surface area contributed by atoms with Crippen molar-refractivity contribution in [1.82, 2.24) is 4.31 Å². The topological polar surface area (TPSA) is 66.5 Å². The number of rotatable bonds is 6. The number of nitrogens with one attached hydrogen (secondary N) is 1. The van der Waals surface area contributed by atoms with Crippen molar-refractivity contribution in [1.29, 1.82) is 0 Å². The summed E-state index contributed by atoms with van der Waals surface area (Å²) in [5.41, 5.74) is 1.48. The number of benzene rings is 2. The predicted molar refractivity (Wildman–Crippen MR) is 91.5 cm³/mol. The average Bonchev–Trinajstić information content (AvgIpc) is 2.53. The Morgan fingerprint density at radius 1 is 1.04 bits per heavy atom. The summed E-state index contributed by atoms with van der Waals surface area (Å²) < 4.78 is 25.4. The molecule has 1 unspecified atom stereocenters. The van der Waals surface area contributed by atoms with Crippen molar-refractivity contribution in [2.45, 2.75) is 13.0 Å². The van der Waals surface area contributed by atoms with Crippen LogP contribution in [0.4, 0.5) is 5.69 Å². The summed E-state index contributed by atoms with van der Waals surface area (Å²) >= 11 is 0. The first-order valence-corrected chi connectivity index (χ1v) is 9.09. The quantitative estimate of drug-likeness (QED) is 0.884. The molecule has 0 saturated carbocycles. The highest BCUT2D eigenvalue weighted by Crippen LogP contribution is 2.22. The molecular formula is C17H20N2O3S. The molecule has 0 aliphatic rings. The van der Waals surface area contributed by atoms with Crippen molar-refractivity contribution in [3.05, 3.63) is 66.2 Å². The lowest BCUT2D eigenvalue weighted by Gasteiger charge is -2.26. The molecule has 2 aromatic rings. The number of hydrogen-bond donors (Lipinski definition) is 1. The Kier molecular flexibility index (Phi) is 5.52. The van der Waals surface area contributed by atoms with Crippen LogP contribution in [0.15, 0.2) is 60.7 Å². The maximum absolute atomic E-state index is 12.2. The number of para-hydroxylation sites is 1. The van der Waals surface area contributed by atoms with Gasteiger partial charge in [-0.25, -0.2) is 8.42 Å². The van der Waals surface area contributed by atoms with Crippen LogP contribution in [-0.4, -0.2) is 31.4 Å². The molecule has 2 rings (SSSR count). The smallest absolute Gasteiger partial charge is 0.239 e. The standard InChI is InChI=1S/C17H20N2O3S/c1-14(15-9-5-3-6-10-15)19(23(2,21)22)13-17(20)18-16-11-7-4-8-12-16/h3-12,14H,13H2,1-2H3,(H,18,20). The average molecular weight is 332 g/mol. The molecule has 5 nitrogen and oxygen atoms in total. The van der Waals surface area contributed by atoms with Crippen LogP contribution in [0.25, 0.3) is 0 Å². The Labute approximate surface area is 137 Å². The lowest BCUT2D eigenvalue weighted by Crippen LogP contribution is -2.39. The number of nitrogens with zero attached hydrogens (tertiary/aromatic N) is 1. The van der Waals surface area contributed by atoms with E-state index in [1.165, 1.54) is 4.31 Å². The van der Waals surface area contributed by atoms with E-state index in [9.17, 15) is 13.2 Å². The summed E-state index contributed by atoms with van der Waals surface area (Å²) in [6.45, 7) is 1.54. The molecule has 0 bridgehead atoms. The van der Waals surface area contributed by atoms with E-state index in [0.29, 0.717) is 5.69 Å². The van der Waals surface area contributed by atoms with Crippen molar-refractivity contribution < 1.29 is 13.2 Å². The first-order valence-electron chi connectivity index (χ1n) is 7.24. The van der Waals surface area contributed by atoms with Gasteiger partial charge in [0.05, 0.1) is 12.8 Å². The van der Waals surface area contributed by atoms with Gasteiger partial charge in [0.1, 0.15) is 0 Å². The third-order valence-electron chi connectivity index (χ3n) is 3.50. The van der Waals surface area contributed by atoms with Crippen molar-refractivity contribution in [2.24, 2.45) is 0 Å². The van der Waals surface area contributed by atoms with Gasteiger partial charge in [-0.2, -0.15) is 4.31 Å². The van der Waals surface area contributed by atoms with Gasteiger partial charge in [0.15, 0.2) is 0 Å². The van der Waals surface area contributed by atoms with Gasteiger partial charge in [-0.3, -0.25) is 4.79 Å². The van der Waals surface area contributed by atoms with E-state index in [0.717, 1.165) is 11.8 Å². The lowest BCUT2D eigenvalue weighted by atomic mass is 10.1. The normalized spacial score (nSPS) is 12.8. The zero-order chi connectivity index (χ0) is 16.9. The van der Waals surface area contributed by atoms with Gasteiger partial charge in [-0.1, -0.05) is 48.5 Å². The van der Waals surface area contributed by atoms with Crippen LogP contribution in [0.5, 0.6) is 0 Å². The highest BCUT2D eigenvalue weighted by molar-refractivity contribution is 7.88. The van der Waals surface area contributed by atoms with Gasteiger partial charge in [-0.05, 0) is 24.6 Å². The molecule has 122 valence electrons. The van der Waals surface area contributed by atoms with Crippen LogP contribution < -0.4 is 5.32 Å². The molecule has 2 aromatic carbocycles. The summed E-state index contributed by atoms with van der Waals surface area (Å²) in [5, 5.41) is 2.71. The van der Waals surface area contributed by atoms with Gasteiger partial charge in [0.25, 0.3) is 0 Å². The van der Waals surface area contributed by atoms with E-state index in [2.05, 4.69) is 5.32 Å². The van der Waals surface area contributed by atoms with Gasteiger partial charge in [0.2, 0.25) is 15.9 Å². The summed E-state index contributed by atoms with van der Waals surface area (Å²) in [4.78, 5) is 12.2. The number of carbonyl (C=O) groups is 1. The fraction of sp³-hybridized carbons (Fsp3) is 0.235. The second kappa shape index (κ2) is 7.39. The lowest BCUT2D eigenvalue weighted by molar-refractivity contribution is -0.116. The van der Waals surface area contributed by atoms with Crippen LogP contribution in [-0.2, 0) is 14.8 Å². The number of carbonyl (C=O) groups excluding carboxylic acids is 1. The van der Waals surface area contributed by atoms with E-state index in [-0.39, 0.29) is 12.5 Å². The molecule has 0 spiro atoms. The van der Waals surface area contributed by atoms with Gasteiger partial charge >= 0.3 is 0 Å². The SMILES string of the molecule is CC(c1ccccc1)N(CC(=O)Nc1ccccc1)S(C)(=O)=O. The van der Waals surface area contributed by atoms with Gasteiger partial charge < -0.3 is 5.32 Å². The molecule has 0 aliphatic carbocycles. The maximum Gasteiger partial charge on any atom is 0.239 e. The molecule has 0 saturated heterocycles. The van der Waals surface area contributed by atoms with E-state index in [1.54, 1.807) is 31.2 Å². The van der Waals surface area contributed by atoms with Gasteiger partial charge in [0, 0.05) is 11.7 Å². The Morgan fingerprint density at radius 3 is 2.09 bits per heavy atom. The molecule has 23 heavy (non-hydrogen) atoms. The van der Waals surface area contributed by atoms with Gasteiger partial charge in [-0.15, -0.1) is 0 Å². The molecule has 6 heteroatoms. The van der Waals surface area contributed by atoms with Crippen LogP contribution in [0, 0.1) is 0 Å². The minimum absolute atomic E-state index is 0.232. The highest BCUT2D eigenvalue weighted by Gasteiger charge is 2.26.